The maximum absolute atomic E-state index is 10.7. The number of nitrogens with zero attached hydrogens (tertiary/aromatic N) is 1. The van der Waals surface area contributed by atoms with E-state index in [0.29, 0.717) is 0 Å². The number of carbonyl (C=O) groups excluding carboxylic acids is 1. The number of esters is 1. The fraction of sp³-hybridized carbons (Fsp3) is 0.364. The molecule has 0 amide bonds. The van der Waals surface area contributed by atoms with Crippen molar-refractivity contribution in [1.29, 1.82) is 0 Å². The molecule has 0 saturated carbocycles. The van der Waals surface area contributed by atoms with Gasteiger partial charge in [0.1, 0.15) is 6.61 Å². The molecule has 6 nitrogen and oxygen atoms in total. The van der Waals surface area contributed by atoms with Crippen molar-refractivity contribution in [2.24, 2.45) is 0 Å². The maximum Gasteiger partial charge on any atom is 0.306 e. The Kier molecular flexibility index (Phi) is 5.09. The number of benzene rings is 1. The molecule has 0 saturated heterocycles. The van der Waals surface area contributed by atoms with E-state index in [2.05, 4.69) is 0 Å². The molecule has 0 N–H and O–H groups in total. The van der Waals surface area contributed by atoms with Gasteiger partial charge < -0.3 is 9.47 Å². The lowest BCUT2D eigenvalue weighted by molar-refractivity contribution is -0.527. The molecule has 0 unspecified atom stereocenters. The van der Waals surface area contributed by atoms with Crippen molar-refractivity contribution in [3.8, 4) is 0 Å². The van der Waals surface area contributed by atoms with Crippen molar-refractivity contribution in [3.05, 3.63) is 45.5 Å². The molecule has 0 aromatic heterocycles. The zero-order valence-corrected chi connectivity index (χ0v) is 9.42. The summed E-state index contributed by atoms with van der Waals surface area (Å²) in [7, 11) is 0. The summed E-state index contributed by atoms with van der Waals surface area (Å²) in [4.78, 5) is 20.2. The van der Waals surface area contributed by atoms with Crippen molar-refractivity contribution in [2.45, 2.75) is 20.1 Å². The Bertz CT molecular complexity index is 405. The lowest BCUT2D eigenvalue weighted by Gasteiger charge is -2.08. The lowest BCUT2D eigenvalue weighted by Crippen LogP contribution is -2.07. The number of hydrogen-bond acceptors (Lipinski definition) is 5. The van der Waals surface area contributed by atoms with Crippen molar-refractivity contribution in [1.82, 2.24) is 0 Å². The number of rotatable bonds is 6. The normalized spacial score (nSPS) is 9.94. The van der Waals surface area contributed by atoms with Crippen molar-refractivity contribution >= 4 is 5.97 Å². The fourth-order valence-electron chi connectivity index (χ4n) is 1.25. The number of carbonyl (C=O) groups is 1. The van der Waals surface area contributed by atoms with Crippen LogP contribution in [0.15, 0.2) is 24.3 Å². The fourth-order valence-corrected chi connectivity index (χ4v) is 1.25. The Labute approximate surface area is 98.3 Å². The quantitative estimate of drug-likeness (QED) is 0.325. The third-order valence-corrected chi connectivity index (χ3v) is 2.00. The van der Waals surface area contributed by atoms with Crippen LogP contribution in [0.2, 0.25) is 0 Å². The van der Waals surface area contributed by atoms with Gasteiger partial charge >= 0.3 is 12.7 Å². The molecule has 0 spiro atoms. The van der Waals surface area contributed by atoms with E-state index in [9.17, 15) is 14.9 Å². The first-order chi connectivity index (χ1) is 8.09. The van der Waals surface area contributed by atoms with Gasteiger partial charge in [0.05, 0.1) is 6.61 Å². The Balaban J connectivity index is 2.57. The predicted molar refractivity (Wildman–Crippen MR) is 58.6 cm³/mol. The summed E-state index contributed by atoms with van der Waals surface area (Å²) in [6.07, 6.45) is 0. The van der Waals surface area contributed by atoms with Crippen LogP contribution in [0.5, 0.6) is 0 Å². The summed E-state index contributed by atoms with van der Waals surface area (Å²) in [6.45, 7) is 1.06. The van der Waals surface area contributed by atoms with E-state index in [1.165, 1.54) is 6.92 Å². The van der Waals surface area contributed by atoms with Gasteiger partial charge in [-0.1, -0.05) is 24.3 Å². The van der Waals surface area contributed by atoms with Gasteiger partial charge in [0, 0.05) is 11.8 Å². The van der Waals surface area contributed by atoms with Gasteiger partial charge in [-0.2, -0.15) is 0 Å². The third-order valence-electron chi connectivity index (χ3n) is 2.00. The Morgan fingerprint density at radius 2 is 1.88 bits per heavy atom. The van der Waals surface area contributed by atoms with Crippen molar-refractivity contribution < 1.29 is 19.2 Å². The first kappa shape index (κ1) is 13.1. The second-order valence-electron chi connectivity index (χ2n) is 3.36. The molecule has 92 valence electrons. The highest BCUT2D eigenvalue weighted by atomic mass is 16.7. The van der Waals surface area contributed by atoms with Crippen LogP contribution in [0.1, 0.15) is 18.1 Å². The van der Waals surface area contributed by atoms with Crippen LogP contribution < -0.4 is 0 Å². The number of hydrogen-bond donors (Lipinski definition) is 0. The highest BCUT2D eigenvalue weighted by Gasteiger charge is 2.05. The summed E-state index contributed by atoms with van der Waals surface area (Å²) >= 11 is 0. The molecule has 0 heterocycles. The average Bonchev–Trinajstić information content (AvgIpc) is 2.27. The van der Waals surface area contributed by atoms with Gasteiger partial charge in [-0.3, -0.25) is 14.9 Å². The highest BCUT2D eigenvalue weighted by molar-refractivity contribution is 5.65. The van der Waals surface area contributed by atoms with Crippen LogP contribution in [-0.4, -0.2) is 17.6 Å². The number of nitro groups is 1. The molecule has 1 aromatic rings. The van der Waals surface area contributed by atoms with E-state index in [4.69, 9.17) is 9.47 Å². The summed E-state index contributed by atoms with van der Waals surface area (Å²) in [5.74, 6) is -0.369. The average molecular weight is 239 g/mol. The van der Waals surface area contributed by atoms with Crippen LogP contribution in [-0.2, 0) is 27.5 Å². The SMILES string of the molecule is CC(=O)OCc1ccccc1COC[N+](=O)[O-]. The van der Waals surface area contributed by atoms with E-state index in [-0.39, 0.29) is 19.2 Å². The van der Waals surface area contributed by atoms with E-state index in [1.807, 2.05) is 0 Å². The van der Waals surface area contributed by atoms with Gasteiger partial charge in [0.15, 0.2) is 0 Å². The minimum atomic E-state index is -0.547. The topological polar surface area (TPSA) is 78.7 Å². The van der Waals surface area contributed by atoms with Gasteiger partial charge in [0.25, 0.3) is 0 Å². The minimum Gasteiger partial charge on any atom is -0.461 e. The molecule has 0 fully saturated rings. The van der Waals surface area contributed by atoms with E-state index in [1.54, 1.807) is 24.3 Å². The lowest BCUT2D eigenvalue weighted by atomic mass is 10.1. The van der Waals surface area contributed by atoms with Gasteiger partial charge in [0.2, 0.25) is 0 Å². The maximum atomic E-state index is 10.7. The minimum absolute atomic E-state index is 0.123. The number of ether oxygens (including phenoxy) is 2. The summed E-state index contributed by atoms with van der Waals surface area (Å²) in [5, 5.41) is 10.1. The van der Waals surface area contributed by atoms with Crippen LogP contribution in [0.25, 0.3) is 0 Å². The standard InChI is InChI=1S/C11H13NO5/c1-9(13)17-7-11-5-3-2-4-10(11)6-16-8-12(14)15/h2-5H,6-8H2,1H3. The zero-order chi connectivity index (χ0) is 12.7. The van der Waals surface area contributed by atoms with Gasteiger partial charge in [-0.05, 0) is 11.1 Å². The summed E-state index contributed by atoms with van der Waals surface area (Å²) in [6, 6.07) is 7.16. The molecule has 6 heteroatoms. The Morgan fingerprint density at radius 3 is 2.41 bits per heavy atom. The molecule has 0 atom stereocenters. The smallest absolute Gasteiger partial charge is 0.306 e. The molecule has 17 heavy (non-hydrogen) atoms. The predicted octanol–water partition coefficient (Wildman–Crippen LogP) is 1.50. The molecular formula is C11H13NO5. The van der Waals surface area contributed by atoms with Gasteiger partial charge in [-0.15, -0.1) is 0 Å². The second-order valence-corrected chi connectivity index (χ2v) is 3.36. The molecule has 0 radical (unpaired) electrons. The monoisotopic (exact) mass is 239 g/mol. The molecule has 0 aliphatic carbocycles. The van der Waals surface area contributed by atoms with Gasteiger partial charge in [-0.25, -0.2) is 0 Å². The summed E-state index contributed by atoms with van der Waals surface area (Å²) < 4.78 is 9.76. The van der Waals surface area contributed by atoms with Crippen LogP contribution in [0.3, 0.4) is 0 Å². The molecule has 0 aliphatic rings. The van der Waals surface area contributed by atoms with E-state index in [0.717, 1.165) is 11.1 Å². The molecular weight excluding hydrogens is 226 g/mol. The summed E-state index contributed by atoms with van der Waals surface area (Å²) in [5.41, 5.74) is 1.56. The van der Waals surface area contributed by atoms with Crippen LogP contribution in [0.4, 0.5) is 0 Å². The first-order valence-corrected chi connectivity index (χ1v) is 4.99. The molecule has 1 rings (SSSR count). The van der Waals surface area contributed by atoms with E-state index >= 15 is 0 Å². The van der Waals surface area contributed by atoms with Crippen molar-refractivity contribution in [3.63, 3.8) is 0 Å². The third kappa shape index (κ3) is 5.07. The van der Waals surface area contributed by atoms with E-state index < -0.39 is 11.7 Å². The largest absolute Gasteiger partial charge is 0.461 e. The first-order valence-electron chi connectivity index (χ1n) is 4.99. The Morgan fingerprint density at radius 1 is 1.29 bits per heavy atom. The Hall–Kier alpha value is -1.95. The van der Waals surface area contributed by atoms with Crippen LogP contribution in [0, 0.1) is 10.1 Å². The molecule has 0 aliphatic heterocycles. The molecule has 0 bridgehead atoms. The van der Waals surface area contributed by atoms with Crippen molar-refractivity contribution in [2.75, 3.05) is 6.73 Å². The second kappa shape index (κ2) is 6.59. The highest BCUT2D eigenvalue weighted by Crippen LogP contribution is 2.11. The zero-order valence-electron chi connectivity index (χ0n) is 9.42. The van der Waals surface area contributed by atoms with Crippen LogP contribution >= 0.6 is 0 Å². The molecule has 1 aromatic carbocycles.